The summed E-state index contributed by atoms with van der Waals surface area (Å²) < 4.78 is 9.87. The van der Waals surface area contributed by atoms with Gasteiger partial charge in [-0.3, -0.25) is 0 Å². The van der Waals surface area contributed by atoms with Gasteiger partial charge in [0.25, 0.3) is 0 Å². The second-order valence-corrected chi connectivity index (χ2v) is 2.07. The van der Waals surface area contributed by atoms with E-state index in [1.165, 1.54) is 0 Å². The standard InChI is InChI=1S/C9H11O2/c1-10-7-8-11-9-5-3-2-4-6-9/h2-6H,1,7-8H2. The zero-order valence-corrected chi connectivity index (χ0v) is 6.32. The highest BCUT2D eigenvalue weighted by molar-refractivity contribution is 5.20. The van der Waals surface area contributed by atoms with Crippen molar-refractivity contribution in [2.24, 2.45) is 0 Å². The first-order valence-electron chi connectivity index (χ1n) is 3.48. The number of hydrogen-bond acceptors (Lipinski definition) is 2. The molecular weight excluding hydrogens is 140 g/mol. The van der Waals surface area contributed by atoms with Crippen molar-refractivity contribution in [1.82, 2.24) is 0 Å². The van der Waals surface area contributed by atoms with Crippen LogP contribution in [0, 0.1) is 7.11 Å². The third kappa shape index (κ3) is 3.05. The van der Waals surface area contributed by atoms with Crippen molar-refractivity contribution in [3.63, 3.8) is 0 Å². The SMILES string of the molecule is [CH2]OCCOc1ccccc1. The molecule has 0 aromatic heterocycles. The molecule has 0 bridgehead atoms. The molecule has 0 aliphatic carbocycles. The minimum absolute atomic E-state index is 0.523. The average molecular weight is 151 g/mol. The van der Waals surface area contributed by atoms with E-state index in [-0.39, 0.29) is 0 Å². The van der Waals surface area contributed by atoms with E-state index in [2.05, 4.69) is 11.8 Å². The normalized spacial score (nSPS) is 9.55. The van der Waals surface area contributed by atoms with E-state index in [4.69, 9.17) is 4.74 Å². The van der Waals surface area contributed by atoms with Gasteiger partial charge in [0.05, 0.1) is 13.7 Å². The fourth-order valence-corrected chi connectivity index (χ4v) is 0.735. The summed E-state index contributed by atoms with van der Waals surface area (Å²) in [4.78, 5) is 0. The van der Waals surface area contributed by atoms with Crippen LogP contribution in [0.5, 0.6) is 5.75 Å². The van der Waals surface area contributed by atoms with Crippen LogP contribution in [0.15, 0.2) is 30.3 Å². The van der Waals surface area contributed by atoms with Crippen LogP contribution in [-0.4, -0.2) is 13.2 Å². The first-order valence-corrected chi connectivity index (χ1v) is 3.48. The molecule has 59 valence electrons. The van der Waals surface area contributed by atoms with Gasteiger partial charge in [0.2, 0.25) is 0 Å². The molecule has 1 aromatic carbocycles. The Balaban J connectivity index is 2.28. The molecule has 0 heterocycles. The first-order chi connectivity index (χ1) is 5.43. The Bertz CT molecular complexity index is 184. The van der Waals surface area contributed by atoms with Gasteiger partial charge in [-0.25, -0.2) is 0 Å². The van der Waals surface area contributed by atoms with Gasteiger partial charge in [0.1, 0.15) is 12.4 Å². The van der Waals surface area contributed by atoms with Crippen LogP contribution in [0.4, 0.5) is 0 Å². The largest absolute Gasteiger partial charge is 0.491 e. The highest BCUT2D eigenvalue weighted by Gasteiger charge is 1.88. The second-order valence-electron chi connectivity index (χ2n) is 2.07. The molecule has 2 heteroatoms. The minimum atomic E-state index is 0.523. The van der Waals surface area contributed by atoms with Crippen LogP contribution in [-0.2, 0) is 4.74 Å². The van der Waals surface area contributed by atoms with Crippen molar-refractivity contribution in [1.29, 1.82) is 0 Å². The van der Waals surface area contributed by atoms with Crippen molar-refractivity contribution >= 4 is 0 Å². The maximum atomic E-state index is 5.28. The zero-order chi connectivity index (χ0) is 7.94. The van der Waals surface area contributed by atoms with Crippen molar-refractivity contribution in [2.45, 2.75) is 0 Å². The third-order valence-electron chi connectivity index (χ3n) is 1.24. The van der Waals surface area contributed by atoms with E-state index in [0.717, 1.165) is 5.75 Å². The topological polar surface area (TPSA) is 18.5 Å². The lowest BCUT2D eigenvalue weighted by molar-refractivity contribution is 0.174. The van der Waals surface area contributed by atoms with Gasteiger partial charge in [0, 0.05) is 0 Å². The summed E-state index contributed by atoms with van der Waals surface area (Å²) in [6.45, 7) is 1.07. The van der Waals surface area contributed by atoms with E-state index in [0.29, 0.717) is 13.2 Å². The molecule has 0 aliphatic heterocycles. The molecule has 1 rings (SSSR count). The number of rotatable bonds is 4. The van der Waals surface area contributed by atoms with Crippen LogP contribution in [0.2, 0.25) is 0 Å². The summed E-state index contributed by atoms with van der Waals surface area (Å²) >= 11 is 0. The lowest BCUT2D eigenvalue weighted by Crippen LogP contribution is -2.02. The molecule has 0 atom stereocenters. The average Bonchev–Trinajstić information content (AvgIpc) is 2.07. The van der Waals surface area contributed by atoms with E-state index >= 15 is 0 Å². The highest BCUT2D eigenvalue weighted by Crippen LogP contribution is 2.07. The molecule has 0 aliphatic rings. The van der Waals surface area contributed by atoms with E-state index in [9.17, 15) is 0 Å². The minimum Gasteiger partial charge on any atom is -0.491 e. The molecule has 1 radical (unpaired) electrons. The molecule has 1 aromatic rings. The maximum Gasteiger partial charge on any atom is 0.119 e. The number of para-hydroxylation sites is 1. The second kappa shape index (κ2) is 4.74. The van der Waals surface area contributed by atoms with Crippen LogP contribution >= 0.6 is 0 Å². The first kappa shape index (κ1) is 8.08. The summed E-state index contributed by atoms with van der Waals surface area (Å²) in [6, 6.07) is 9.62. The Morgan fingerprint density at radius 3 is 2.45 bits per heavy atom. The zero-order valence-electron chi connectivity index (χ0n) is 6.32. The predicted octanol–water partition coefficient (Wildman–Crippen LogP) is 1.87. The Labute approximate surface area is 66.8 Å². The van der Waals surface area contributed by atoms with Crippen LogP contribution < -0.4 is 4.74 Å². The molecule has 0 fully saturated rings. The van der Waals surface area contributed by atoms with Gasteiger partial charge in [-0.1, -0.05) is 18.2 Å². The number of benzene rings is 1. The van der Waals surface area contributed by atoms with Crippen LogP contribution in [0.25, 0.3) is 0 Å². The Kier molecular flexibility index (Phi) is 3.48. The van der Waals surface area contributed by atoms with Crippen molar-refractivity contribution in [3.05, 3.63) is 37.4 Å². The maximum absolute atomic E-state index is 5.28. The van der Waals surface area contributed by atoms with Gasteiger partial charge in [-0.15, -0.1) is 0 Å². The third-order valence-corrected chi connectivity index (χ3v) is 1.24. The molecule has 11 heavy (non-hydrogen) atoms. The van der Waals surface area contributed by atoms with Crippen LogP contribution in [0.1, 0.15) is 0 Å². The molecule has 0 unspecified atom stereocenters. The van der Waals surface area contributed by atoms with Crippen molar-refractivity contribution in [2.75, 3.05) is 13.2 Å². The Hall–Kier alpha value is -1.02. The molecule has 2 nitrogen and oxygen atoms in total. The summed E-state index contributed by atoms with van der Waals surface area (Å²) in [6.07, 6.45) is 0. The Morgan fingerprint density at radius 2 is 1.82 bits per heavy atom. The summed E-state index contributed by atoms with van der Waals surface area (Å²) in [5.41, 5.74) is 0. The van der Waals surface area contributed by atoms with E-state index in [1.807, 2.05) is 30.3 Å². The number of hydrogen-bond donors (Lipinski definition) is 0. The highest BCUT2D eigenvalue weighted by atomic mass is 16.5. The van der Waals surface area contributed by atoms with Crippen LogP contribution in [0.3, 0.4) is 0 Å². The van der Waals surface area contributed by atoms with Gasteiger partial charge in [-0.05, 0) is 12.1 Å². The van der Waals surface area contributed by atoms with Gasteiger partial charge in [0.15, 0.2) is 0 Å². The fraction of sp³-hybridized carbons (Fsp3) is 0.222. The summed E-state index contributed by atoms with van der Waals surface area (Å²) in [7, 11) is 3.24. The lowest BCUT2D eigenvalue weighted by atomic mass is 10.3. The lowest BCUT2D eigenvalue weighted by Gasteiger charge is -2.03. The molecule has 0 saturated carbocycles. The molecule has 0 N–H and O–H groups in total. The van der Waals surface area contributed by atoms with Crippen molar-refractivity contribution < 1.29 is 9.47 Å². The quantitative estimate of drug-likeness (QED) is 0.611. The van der Waals surface area contributed by atoms with E-state index < -0.39 is 0 Å². The summed E-state index contributed by atoms with van der Waals surface area (Å²) in [5.74, 6) is 0.865. The molecule has 0 amide bonds. The number of ether oxygens (including phenoxy) is 2. The predicted molar refractivity (Wildman–Crippen MR) is 43.2 cm³/mol. The summed E-state index contributed by atoms with van der Waals surface area (Å²) in [5, 5.41) is 0. The Morgan fingerprint density at radius 1 is 1.09 bits per heavy atom. The van der Waals surface area contributed by atoms with Gasteiger partial charge in [-0.2, -0.15) is 0 Å². The molecule has 0 saturated heterocycles. The monoisotopic (exact) mass is 151 g/mol. The van der Waals surface area contributed by atoms with E-state index in [1.54, 1.807) is 0 Å². The van der Waals surface area contributed by atoms with Crippen molar-refractivity contribution in [3.8, 4) is 5.75 Å². The molecule has 0 spiro atoms. The molecular formula is C9H11O2. The fourth-order valence-electron chi connectivity index (χ4n) is 0.735. The smallest absolute Gasteiger partial charge is 0.119 e. The van der Waals surface area contributed by atoms with Gasteiger partial charge >= 0.3 is 0 Å². The van der Waals surface area contributed by atoms with Gasteiger partial charge < -0.3 is 9.47 Å².